The van der Waals surface area contributed by atoms with Gasteiger partial charge < -0.3 is 20.1 Å². The van der Waals surface area contributed by atoms with Gasteiger partial charge in [-0.25, -0.2) is 9.18 Å². The van der Waals surface area contributed by atoms with Crippen LogP contribution in [-0.4, -0.2) is 43.8 Å². The summed E-state index contributed by atoms with van der Waals surface area (Å²) in [6, 6.07) is 11.5. The quantitative estimate of drug-likeness (QED) is 0.826. The number of anilines is 1. The van der Waals surface area contributed by atoms with Gasteiger partial charge in [0.05, 0.1) is 6.04 Å². The number of halogens is 1. The van der Waals surface area contributed by atoms with Gasteiger partial charge in [0.1, 0.15) is 19.0 Å². The van der Waals surface area contributed by atoms with Crippen LogP contribution in [0.5, 0.6) is 11.5 Å². The molecule has 2 aromatic rings. The van der Waals surface area contributed by atoms with Gasteiger partial charge in [-0.3, -0.25) is 4.90 Å². The molecule has 28 heavy (non-hydrogen) atoms. The van der Waals surface area contributed by atoms with Gasteiger partial charge >= 0.3 is 6.03 Å². The molecule has 1 atom stereocenters. The first-order valence-electron chi connectivity index (χ1n) is 9.64. The second-order valence-corrected chi connectivity index (χ2v) is 6.97. The standard InChI is InChI=1S/C21H24FN3O3/c22-17-6-2-1-5-16(17)18(25-9-3-4-10-25)14-23-21(26)24-15-7-8-19-20(13-15)28-12-11-27-19/h1-2,5-8,13,18H,3-4,9-12,14H2,(H2,23,24,26)/t18-/m1/s1. The average molecular weight is 385 g/mol. The lowest BCUT2D eigenvalue weighted by Crippen LogP contribution is -2.39. The fourth-order valence-corrected chi connectivity index (χ4v) is 3.72. The summed E-state index contributed by atoms with van der Waals surface area (Å²) in [6.07, 6.45) is 2.18. The molecule has 7 heteroatoms. The van der Waals surface area contributed by atoms with E-state index in [1.54, 1.807) is 30.3 Å². The summed E-state index contributed by atoms with van der Waals surface area (Å²) in [7, 11) is 0. The lowest BCUT2D eigenvalue weighted by Gasteiger charge is -2.28. The molecule has 1 fully saturated rings. The Labute approximate surface area is 163 Å². The second kappa shape index (κ2) is 8.48. The molecule has 2 heterocycles. The van der Waals surface area contributed by atoms with Crippen LogP contribution < -0.4 is 20.1 Å². The minimum absolute atomic E-state index is 0.185. The Morgan fingerprint density at radius 1 is 1.07 bits per heavy atom. The zero-order valence-electron chi connectivity index (χ0n) is 15.6. The molecule has 2 N–H and O–H groups in total. The van der Waals surface area contributed by atoms with E-state index in [0.717, 1.165) is 25.9 Å². The average Bonchev–Trinajstić information content (AvgIpc) is 3.24. The van der Waals surface area contributed by atoms with E-state index in [1.165, 1.54) is 6.07 Å². The molecule has 0 bridgehead atoms. The predicted molar refractivity (Wildman–Crippen MR) is 104 cm³/mol. The van der Waals surface area contributed by atoms with Gasteiger partial charge in [0.15, 0.2) is 11.5 Å². The fraction of sp³-hybridized carbons (Fsp3) is 0.381. The lowest BCUT2D eigenvalue weighted by atomic mass is 10.0. The zero-order valence-corrected chi connectivity index (χ0v) is 15.6. The minimum Gasteiger partial charge on any atom is -0.486 e. The summed E-state index contributed by atoms with van der Waals surface area (Å²) < 4.78 is 25.4. The summed E-state index contributed by atoms with van der Waals surface area (Å²) in [5, 5.41) is 5.69. The molecule has 1 saturated heterocycles. The SMILES string of the molecule is O=C(NC[C@H](c1ccccc1F)N1CCCC1)Nc1ccc2c(c1)OCCO2. The first-order chi connectivity index (χ1) is 13.7. The number of amides is 2. The maximum Gasteiger partial charge on any atom is 0.319 e. The summed E-state index contributed by atoms with van der Waals surface area (Å²) in [5.41, 5.74) is 1.23. The number of urea groups is 1. The number of rotatable bonds is 5. The van der Waals surface area contributed by atoms with E-state index < -0.39 is 0 Å². The van der Waals surface area contributed by atoms with Gasteiger partial charge in [0, 0.05) is 23.9 Å². The van der Waals surface area contributed by atoms with Crippen molar-refractivity contribution in [1.29, 1.82) is 0 Å². The highest BCUT2D eigenvalue weighted by Gasteiger charge is 2.26. The van der Waals surface area contributed by atoms with Crippen molar-refractivity contribution in [2.24, 2.45) is 0 Å². The highest BCUT2D eigenvalue weighted by molar-refractivity contribution is 5.89. The molecule has 4 rings (SSSR count). The van der Waals surface area contributed by atoms with E-state index in [2.05, 4.69) is 15.5 Å². The van der Waals surface area contributed by atoms with E-state index in [9.17, 15) is 9.18 Å². The number of carbonyl (C=O) groups excluding carboxylic acids is 1. The van der Waals surface area contributed by atoms with Gasteiger partial charge in [-0.05, 0) is 44.1 Å². The van der Waals surface area contributed by atoms with Crippen LogP contribution in [0.2, 0.25) is 0 Å². The van der Waals surface area contributed by atoms with Gasteiger partial charge in [0.2, 0.25) is 0 Å². The zero-order chi connectivity index (χ0) is 19.3. The summed E-state index contributed by atoms with van der Waals surface area (Å²) in [4.78, 5) is 14.6. The number of fused-ring (bicyclic) bond motifs is 1. The lowest BCUT2D eigenvalue weighted by molar-refractivity contribution is 0.171. The monoisotopic (exact) mass is 385 g/mol. The smallest absolute Gasteiger partial charge is 0.319 e. The fourth-order valence-electron chi connectivity index (χ4n) is 3.72. The largest absolute Gasteiger partial charge is 0.486 e. The van der Waals surface area contributed by atoms with Crippen molar-refractivity contribution in [2.45, 2.75) is 18.9 Å². The molecule has 6 nitrogen and oxygen atoms in total. The molecule has 2 aromatic carbocycles. The van der Waals surface area contributed by atoms with Crippen molar-refractivity contribution in [1.82, 2.24) is 10.2 Å². The first kappa shape index (κ1) is 18.6. The number of nitrogens with one attached hydrogen (secondary N) is 2. The molecule has 0 unspecified atom stereocenters. The Bertz CT molecular complexity index is 839. The van der Waals surface area contributed by atoms with E-state index in [1.807, 2.05) is 6.07 Å². The van der Waals surface area contributed by atoms with Gasteiger partial charge in [-0.15, -0.1) is 0 Å². The summed E-state index contributed by atoms with van der Waals surface area (Å²) >= 11 is 0. The number of likely N-dealkylation sites (tertiary alicyclic amines) is 1. The van der Waals surface area contributed by atoms with Gasteiger partial charge in [0.25, 0.3) is 0 Å². The summed E-state index contributed by atoms with van der Waals surface area (Å²) in [5.74, 6) is 1.05. The van der Waals surface area contributed by atoms with Crippen molar-refractivity contribution in [3.63, 3.8) is 0 Å². The van der Waals surface area contributed by atoms with Crippen molar-refractivity contribution in [3.05, 3.63) is 53.8 Å². The molecule has 0 aliphatic carbocycles. The molecule has 0 aromatic heterocycles. The van der Waals surface area contributed by atoms with Crippen LogP contribution in [-0.2, 0) is 0 Å². The van der Waals surface area contributed by atoms with E-state index in [-0.39, 0.29) is 17.9 Å². The Morgan fingerprint density at radius 2 is 1.82 bits per heavy atom. The second-order valence-electron chi connectivity index (χ2n) is 6.97. The molecule has 0 radical (unpaired) electrons. The van der Waals surface area contributed by atoms with Crippen LogP contribution in [0, 0.1) is 5.82 Å². The van der Waals surface area contributed by atoms with Crippen molar-refractivity contribution >= 4 is 11.7 Å². The number of benzene rings is 2. The molecule has 2 amide bonds. The van der Waals surface area contributed by atoms with Crippen LogP contribution in [0.4, 0.5) is 14.9 Å². The number of ether oxygens (including phenoxy) is 2. The van der Waals surface area contributed by atoms with Crippen molar-refractivity contribution in [2.75, 3.05) is 38.2 Å². The molecular formula is C21H24FN3O3. The Morgan fingerprint density at radius 3 is 2.61 bits per heavy atom. The number of hydrogen-bond acceptors (Lipinski definition) is 4. The molecule has 0 saturated carbocycles. The van der Waals surface area contributed by atoms with E-state index in [0.29, 0.717) is 42.5 Å². The number of carbonyl (C=O) groups is 1. The normalized spacial score (nSPS) is 17.2. The minimum atomic E-state index is -0.336. The van der Waals surface area contributed by atoms with E-state index >= 15 is 0 Å². The van der Waals surface area contributed by atoms with Crippen LogP contribution in [0.1, 0.15) is 24.4 Å². The van der Waals surface area contributed by atoms with Crippen LogP contribution in [0.3, 0.4) is 0 Å². The molecule has 148 valence electrons. The first-order valence-corrected chi connectivity index (χ1v) is 9.64. The Hall–Kier alpha value is -2.80. The number of hydrogen-bond donors (Lipinski definition) is 2. The third-order valence-corrected chi connectivity index (χ3v) is 5.10. The van der Waals surface area contributed by atoms with E-state index in [4.69, 9.17) is 9.47 Å². The topological polar surface area (TPSA) is 62.8 Å². The Kier molecular flexibility index (Phi) is 5.62. The number of nitrogens with zero attached hydrogens (tertiary/aromatic N) is 1. The van der Waals surface area contributed by atoms with Crippen LogP contribution >= 0.6 is 0 Å². The molecule has 0 spiro atoms. The maximum absolute atomic E-state index is 14.3. The maximum atomic E-state index is 14.3. The Balaban J connectivity index is 1.41. The van der Waals surface area contributed by atoms with Gasteiger partial charge in [-0.1, -0.05) is 18.2 Å². The van der Waals surface area contributed by atoms with Crippen molar-refractivity contribution in [3.8, 4) is 11.5 Å². The van der Waals surface area contributed by atoms with Crippen LogP contribution in [0.15, 0.2) is 42.5 Å². The third kappa shape index (κ3) is 4.20. The molecular weight excluding hydrogens is 361 g/mol. The molecule has 2 aliphatic heterocycles. The van der Waals surface area contributed by atoms with Gasteiger partial charge in [-0.2, -0.15) is 0 Å². The molecule has 2 aliphatic rings. The van der Waals surface area contributed by atoms with Crippen LogP contribution in [0.25, 0.3) is 0 Å². The highest BCUT2D eigenvalue weighted by atomic mass is 19.1. The van der Waals surface area contributed by atoms with Crippen molar-refractivity contribution < 1.29 is 18.7 Å². The predicted octanol–water partition coefficient (Wildman–Crippen LogP) is 3.56. The third-order valence-electron chi connectivity index (χ3n) is 5.10. The highest BCUT2D eigenvalue weighted by Crippen LogP contribution is 2.32. The summed E-state index contributed by atoms with van der Waals surface area (Å²) in [6.45, 7) is 3.16.